The predicted octanol–water partition coefficient (Wildman–Crippen LogP) is -0.00590. The molecule has 0 fully saturated rings. The highest BCUT2D eigenvalue weighted by molar-refractivity contribution is 5.75. The summed E-state index contributed by atoms with van der Waals surface area (Å²) < 4.78 is 12.8. The van der Waals surface area contributed by atoms with Crippen LogP contribution in [0.3, 0.4) is 0 Å². The molecule has 1 aromatic heterocycles. The second-order valence-electron chi connectivity index (χ2n) is 2.21. The van der Waals surface area contributed by atoms with Crippen molar-refractivity contribution in [2.45, 2.75) is 6.54 Å². The lowest BCUT2D eigenvalue weighted by Gasteiger charge is -1.97. The predicted molar refractivity (Wildman–Crippen MR) is 43.7 cm³/mol. The number of nitrogens with two attached hydrogens (primary N) is 2. The van der Waals surface area contributed by atoms with E-state index in [0.717, 1.165) is 6.20 Å². The molecular weight excluding hydrogens is 159 g/mol. The largest absolute Gasteiger partial charge is 0.370 e. The van der Waals surface area contributed by atoms with Crippen LogP contribution in [0.5, 0.6) is 0 Å². The van der Waals surface area contributed by atoms with E-state index in [1.165, 1.54) is 12.3 Å². The molecule has 4 N–H and O–H groups in total. The Kier molecular flexibility index (Phi) is 2.57. The molecule has 0 saturated carbocycles. The molecule has 1 rings (SSSR count). The van der Waals surface area contributed by atoms with Crippen LogP contribution < -0.4 is 11.5 Å². The summed E-state index contributed by atoms with van der Waals surface area (Å²) in [4.78, 5) is 7.25. The van der Waals surface area contributed by atoms with Gasteiger partial charge in [-0.25, -0.2) is 9.38 Å². The second-order valence-corrected chi connectivity index (χ2v) is 2.21. The summed E-state index contributed by atoms with van der Waals surface area (Å²) in [7, 11) is 0. The van der Waals surface area contributed by atoms with Crippen molar-refractivity contribution < 1.29 is 4.39 Å². The van der Waals surface area contributed by atoms with E-state index in [2.05, 4.69) is 9.98 Å². The van der Waals surface area contributed by atoms with Crippen molar-refractivity contribution >= 4 is 5.96 Å². The highest BCUT2D eigenvalue weighted by Crippen LogP contribution is 2.04. The van der Waals surface area contributed by atoms with E-state index in [0.29, 0.717) is 5.56 Å². The van der Waals surface area contributed by atoms with E-state index in [1.54, 1.807) is 0 Å². The number of halogens is 1. The van der Waals surface area contributed by atoms with Crippen molar-refractivity contribution in [3.8, 4) is 0 Å². The van der Waals surface area contributed by atoms with Crippen LogP contribution in [-0.2, 0) is 6.54 Å². The molecule has 0 unspecified atom stereocenters. The molecule has 0 bridgehead atoms. The molecule has 12 heavy (non-hydrogen) atoms. The van der Waals surface area contributed by atoms with Crippen LogP contribution in [0, 0.1) is 5.82 Å². The van der Waals surface area contributed by atoms with Gasteiger partial charge in [0.2, 0.25) is 0 Å². The Morgan fingerprint density at radius 1 is 1.58 bits per heavy atom. The van der Waals surface area contributed by atoms with Crippen molar-refractivity contribution in [3.63, 3.8) is 0 Å². The van der Waals surface area contributed by atoms with Crippen LogP contribution in [0.4, 0.5) is 4.39 Å². The molecule has 1 aromatic rings. The molecule has 0 radical (unpaired) electrons. The monoisotopic (exact) mass is 168 g/mol. The molecule has 0 amide bonds. The fourth-order valence-electron chi connectivity index (χ4n) is 0.709. The lowest BCUT2D eigenvalue weighted by molar-refractivity contribution is 0.604. The standard InChI is InChI=1S/C7H9FN4/c8-6-4-11-2-1-5(6)3-12-7(9)10/h1-2,4H,3H2,(H4,9,10,12). The molecule has 0 saturated heterocycles. The van der Waals surface area contributed by atoms with Gasteiger partial charge in [-0.1, -0.05) is 0 Å². The van der Waals surface area contributed by atoms with E-state index in [4.69, 9.17) is 11.5 Å². The fourth-order valence-corrected chi connectivity index (χ4v) is 0.709. The highest BCUT2D eigenvalue weighted by atomic mass is 19.1. The van der Waals surface area contributed by atoms with Crippen LogP contribution in [-0.4, -0.2) is 10.9 Å². The van der Waals surface area contributed by atoms with Gasteiger partial charge in [0, 0.05) is 11.8 Å². The molecular formula is C7H9FN4. The molecule has 0 aliphatic heterocycles. The first kappa shape index (κ1) is 8.45. The van der Waals surface area contributed by atoms with Gasteiger partial charge in [-0.3, -0.25) is 4.98 Å². The van der Waals surface area contributed by atoms with E-state index in [9.17, 15) is 4.39 Å². The van der Waals surface area contributed by atoms with Gasteiger partial charge in [0.1, 0.15) is 5.82 Å². The summed E-state index contributed by atoms with van der Waals surface area (Å²) >= 11 is 0. The molecule has 4 nitrogen and oxygen atoms in total. The fraction of sp³-hybridized carbons (Fsp3) is 0.143. The van der Waals surface area contributed by atoms with Crippen molar-refractivity contribution in [3.05, 3.63) is 29.8 Å². The first-order valence-electron chi connectivity index (χ1n) is 3.34. The lowest BCUT2D eigenvalue weighted by atomic mass is 10.2. The Morgan fingerprint density at radius 3 is 2.92 bits per heavy atom. The SMILES string of the molecule is NC(N)=NCc1ccncc1F. The number of hydrogen-bond donors (Lipinski definition) is 2. The number of hydrogen-bond acceptors (Lipinski definition) is 2. The van der Waals surface area contributed by atoms with Crippen LogP contribution in [0.25, 0.3) is 0 Å². The van der Waals surface area contributed by atoms with Crippen molar-refractivity contribution in [2.24, 2.45) is 16.5 Å². The summed E-state index contributed by atoms with van der Waals surface area (Å²) in [5.74, 6) is -0.450. The van der Waals surface area contributed by atoms with Crippen LogP contribution in [0.1, 0.15) is 5.56 Å². The maximum absolute atomic E-state index is 12.8. The van der Waals surface area contributed by atoms with Crippen LogP contribution >= 0.6 is 0 Å². The average Bonchev–Trinajstić information content (AvgIpc) is 2.03. The summed E-state index contributed by atoms with van der Waals surface area (Å²) in [6, 6.07) is 1.53. The number of aliphatic imine (C=N–C) groups is 1. The van der Waals surface area contributed by atoms with Gasteiger partial charge >= 0.3 is 0 Å². The number of nitrogens with zero attached hydrogens (tertiary/aromatic N) is 2. The number of pyridine rings is 1. The van der Waals surface area contributed by atoms with Gasteiger partial charge < -0.3 is 11.5 Å². The molecule has 0 spiro atoms. The minimum atomic E-state index is -0.400. The molecule has 0 atom stereocenters. The zero-order chi connectivity index (χ0) is 8.97. The summed E-state index contributed by atoms with van der Waals surface area (Å²) in [6.45, 7) is 0.149. The maximum Gasteiger partial charge on any atom is 0.186 e. The van der Waals surface area contributed by atoms with E-state index < -0.39 is 5.82 Å². The van der Waals surface area contributed by atoms with Crippen LogP contribution in [0.2, 0.25) is 0 Å². The van der Waals surface area contributed by atoms with Gasteiger partial charge in [-0.15, -0.1) is 0 Å². The quantitative estimate of drug-likeness (QED) is 0.481. The molecule has 5 heteroatoms. The van der Waals surface area contributed by atoms with E-state index >= 15 is 0 Å². The van der Waals surface area contributed by atoms with Crippen LogP contribution in [0.15, 0.2) is 23.5 Å². The second kappa shape index (κ2) is 3.66. The topological polar surface area (TPSA) is 77.3 Å². The third-order valence-electron chi connectivity index (χ3n) is 1.29. The maximum atomic E-state index is 12.8. The Balaban J connectivity index is 2.76. The summed E-state index contributed by atoms with van der Waals surface area (Å²) in [6.07, 6.45) is 2.61. The zero-order valence-corrected chi connectivity index (χ0v) is 6.37. The first-order valence-corrected chi connectivity index (χ1v) is 3.34. The molecule has 0 aliphatic carbocycles. The van der Waals surface area contributed by atoms with Gasteiger partial charge in [0.15, 0.2) is 5.96 Å². The summed E-state index contributed by atoms with van der Waals surface area (Å²) in [5.41, 5.74) is 10.6. The Labute approximate surface area is 69.1 Å². The van der Waals surface area contributed by atoms with Crippen molar-refractivity contribution in [2.75, 3.05) is 0 Å². The minimum Gasteiger partial charge on any atom is -0.370 e. The van der Waals surface area contributed by atoms with Gasteiger partial charge in [-0.2, -0.15) is 0 Å². The van der Waals surface area contributed by atoms with Crippen molar-refractivity contribution in [1.29, 1.82) is 0 Å². The normalized spacial score (nSPS) is 9.42. The molecule has 64 valence electrons. The van der Waals surface area contributed by atoms with E-state index in [-0.39, 0.29) is 12.5 Å². The van der Waals surface area contributed by atoms with Gasteiger partial charge in [0.25, 0.3) is 0 Å². The Bertz CT molecular complexity index is 293. The Hall–Kier alpha value is -1.65. The van der Waals surface area contributed by atoms with Gasteiger partial charge in [-0.05, 0) is 6.07 Å². The molecule has 0 aliphatic rings. The highest BCUT2D eigenvalue weighted by Gasteiger charge is 1.98. The molecule has 0 aromatic carbocycles. The average molecular weight is 168 g/mol. The first-order chi connectivity index (χ1) is 5.70. The smallest absolute Gasteiger partial charge is 0.186 e. The third-order valence-corrected chi connectivity index (χ3v) is 1.29. The minimum absolute atomic E-state index is 0.0498. The number of rotatable bonds is 2. The number of guanidine groups is 1. The van der Waals surface area contributed by atoms with Gasteiger partial charge in [0.05, 0.1) is 12.7 Å². The van der Waals surface area contributed by atoms with Crippen molar-refractivity contribution in [1.82, 2.24) is 4.98 Å². The number of aromatic nitrogens is 1. The third kappa shape index (κ3) is 2.19. The molecule has 1 heterocycles. The summed E-state index contributed by atoms with van der Waals surface area (Å²) in [5, 5.41) is 0. The Morgan fingerprint density at radius 2 is 2.33 bits per heavy atom. The zero-order valence-electron chi connectivity index (χ0n) is 6.37. The lowest BCUT2D eigenvalue weighted by Crippen LogP contribution is -2.22. The van der Waals surface area contributed by atoms with E-state index in [1.807, 2.05) is 0 Å².